The Balaban J connectivity index is 1.78. The van der Waals surface area contributed by atoms with Gasteiger partial charge in [-0.25, -0.2) is 0 Å². The molecule has 0 radical (unpaired) electrons. The Morgan fingerprint density at radius 1 is 1.04 bits per heavy atom. The number of methoxy groups -OCH3 is 1. The van der Waals surface area contributed by atoms with Crippen LogP contribution in [0, 0.1) is 5.92 Å². The fourth-order valence-corrected chi connectivity index (χ4v) is 4.77. The van der Waals surface area contributed by atoms with Crippen molar-refractivity contribution in [3.05, 3.63) is 65.4 Å². The molecule has 2 aliphatic rings. The molecule has 5 rings (SSSR count). The largest absolute Gasteiger partial charge is 0.497 e. The van der Waals surface area contributed by atoms with Crippen molar-refractivity contribution in [2.45, 2.75) is 18.3 Å². The second-order valence-electron chi connectivity index (χ2n) is 7.26. The first kappa shape index (κ1) is 16.1. The van der Waals surface area contributed by atoms with E-state index in [1.165, 1.54) is 0 Å². The lowest BCUT2D eigenvalue weighted by atomic mass is 9.71. The number of hydrogen-bond donors (Lipinski definition) is 0. The first-order valence-electron chi connectivity index (χ1n) is 9.07. The molecule has 1 saturated heterocycles. The summed E-state index contributed by atoms with van der Waals surface area (Å²) in [5.74, 6) is -0.956. The van der Waals surface area contributed by atoms with Gasteiger partial charge < -0.3 is 14.0 Å². The number of aromatic nitrogens is 1. The van der Waals surface area contributed by atoms with Crippen molar-refractivity contribution in [3.8, 4) is 5.75 Å². The number of fused-ring (bicyclic) bond motifs is 5. The minimum absolute atomic E-state index is 0.0247. The van der Waals surface area contributed by atoms with Crippen LogP contribution in [0.3, 0.4) is 0 Å². The number of hydrogen-bond acceptors (Lipinski definition) is 4. The molecule has 5 heteroatoms. The fourth-order valence-electron chi connectivity index (χ4n) is 4.77. The monoisotopic (exact) mass is 361 g/mol. The van der Waals surface area contributed by atoms with Gasteiger partial charge in [0.1, 0.15) is 11.7 Å². The minimum Gasteiger partial charge on any atom is -0.497 e. The second-order valence-corrected chi connectivity index (χ2v) is 7.26. The maximum absolute atomic E-state index is 12.5. The zero-order valence-corrected chi connectivity index (χ0v) is 15.1. The molecule has 0 N–H and O–H groups in total. The van der Waals surface area contributed by atoms with E-state index in [2.05, 4.69) is 16.7 Å². The molecule has 136 valence electrons. The van der Waals surface area contributed by atoms with Gasteiger partial charge in [-0.05, 0) is 35.7 Å². The van der Waals surface area contributed by atoms with Gasteiger partial charge in [-0.3, -0.25) is 9.59 Å². The molecule has 0 amide bonds. The summed E-state index contributed by atoms with van der Waals surface area (Å²) in [6.07, 6.45) is 0.572. The Kier molecular flexibility index (Phi) is 3.41. The summed E-state index contributed by atoms with van der Waals surface area (Å²) in [5, 5.41) is 1.13. The number of rotatable bonds is 2. The quantitative estimate of drug-likeness (QED) is 0.518. The lowest BCUT2D eigenvalue weighted by Crippen LogP contribution is -2.27. The van der Waals surface area contributed by atoms with Crippen LogP contribution in [0.4, 0.5) is 0 Å². The van der Waals surface area contributed by atoms with Crippen molar-refractivity contribution >= 4 is 22.8 Å². The van der Waals surface area contributed by atoms with Crippen molar-refractivity contribution in [1.82, 2.24) is 4.57 Å². The SMILES string of the molecule is COc1ccc([C@@H]2C[C@@H]3C(=O)OC(=O)[C@@H]3c3c2c2ccccc2n3C)cc1. The highest BCUT2D eigenvalue weighted by Gasteiger charge is 2.52. The number of aryl methyl sites for hydroxylation is 1. The molecule has 0 bridgehead atoms. The minimum atomic E-state index is -0.514. The predicted molar refractivity (Wildman–Crippen MR) is 99.7 cm³/mol. The number of carbonyl (C=O) groups excluding carboxylic acids is 2. The zero-order chi connectivity index (χ0) is 18.7. The third-order valence-corrected chi connectivity index (χ3v) is 6.00. The summed E-state index contributed by atoms with van der Waals surface area (Å²) >= 11 is 0. The van der Waals surface area contributed by atoms with Crippen molar-refractivity contribution < 1.29 is 19.1 Å². The van der Waals surface area contributed by atoms with Gasteiger partial charge in [-0.1, -0.05) is 30.3 Å². The number of ether oxygens (including phenoxy) is 2. The third-order valence-electron chi connectivity index (χ3n) is 6.00. The van der Waals surface area contributed by atoms with Gasteiger partial charge in [0.05, 0.1) is 13.0 Å². The molecule has 3 atom stereocenters. The molecule has 2 heterocycles. The van der Waals surface area contributed by atoms with Crippen molar-refractivity contribution in [3.63, 3.8) is 0 Å². The van der Waals surface area contributed by atoms with Gasteiger partial charge in [0.2, 0.25) is 0 Å². The van der Waals surface area contributed by atoms with Gasteiger partial charge in [0, 0.05) is 29.6 Å². The van der Waals surface area contributed by atoms with Crippen LogP contribution in [0.1, 0.15) is 35.1 Å². The van der Waals surface area contributed by atoms with Crippen LogP contribution < -0.4 is 4.74 Å². The molecule has 1 aliphatic carbocycles. The maximum Gasteiger partial charge on any atom is 0.323 e. The van der Waals surface area contributed by atoms with Gasteiger partial charge in [-0.15, -0.1) is 0 Å². The Morgan fingerprint density at radius 3 is 2.52 bits per heavy atom. The van der Waals surface area contributed by atoms with Crippen molar-refractivity contribution in [1.29, 1.82) is 0 Å². The highest BCUT2D eigenvalue weighted by Crippen LogP contribution is 2.52. The van der Waals surface area contributed by atoms with E-state index in [-0.39, 0.29) is 5.92 Å². The summed E-state index contributed by atoms with van der Waals surface area (Å²) in [6, 6.07) is 16.1. The summed E-state index contributed by atoms with van der Waals surface area (Å²) in [5.41, 5.74) is 4.21. The molecule has 1 aliphatic heterocycles. The summed E-state index contributed by atoms with van der Waals surface area (Å²) in [4.78, 5) is 24.8. The van der Waals surface area contributed by atoms with Crippen LogP contribution in [0.25, 0.3) is 10.9 Å². The van der Waals surface area contributed by atoms with Crippen LogP contribution in [0.5, 0.6) is 5.75 Å². The molecular formula is C22H19NO4. The van der Waals surface area contributed by atoms with E-state index in [4.69, 9.17) is 9.47 Å². The lowest BCUT2D eigenvalue weighted by Gasteiger charge is -2.30. The smallest absolute Gasteiger partial charge is 0.323 e. The number of nitrogens with zero attached hydrogens (tertiary/aromatic N) is 1. The molecule has 2 aromatic carbocycles. The third kappa shape index (κ3) is 2.17. The van der Waals surface area contributed by atoms with Crippen LogP contribution in [0.2, 0.25) is 0 Å². The van der Waals surface area contributed by atoms with Gasteiger partial charge in [0.15, 0.2) is 0 Å². The standard InChI is InChI=1S/C22H19NO4/c1-23-17-6-4-3-5-14(17)18-15(12-7-9-13(26-2)10-8-12)11-16-19(20(18)23)22(25)27-21(16)24/h3-10,15-16,19H,11H2,1-2H3/t15-,16-,19-/m0/s1. The van der Waals surface area contributed by atoms with Crippen molar-refractivity contribution in [2.24, 2.45) is 13.0 Å². The molecule has 1 fully saturated rings. The molecule has 0 spiro atoms. The normalized spacial score (nSPS) is 23.9. The predicted octanol–water partition coefficient (Wildman–Crippen LogP) is 3.51. The average Bonchev–Trinajstić information content (AvgIpc) is 3.15. The topological polar surface area (TPSA) is 57.5 Å². The Hall–Kier alpha value is -3.08. The number of carbonyl (C=O) groups is 2. The van der Waals surface area contributed by atoms with E-state index in [1.807, 2.05) is 43.4 Å². The average molecular weight is 361 g/mol. The number of para-hydroxylation sites is 1. The molecule has 27 heavy (non-hydrogen) atoms. The van der Waals surface area contributed by atoms with E-state index in [0.29, 0.717) is 6.42 Å². The number of esters is 2. The number of cyclic esters (lactones) is 2. The maximum atomic E-state index is 12.5. The van der Waals surface area contributed by atoms with E-state index in [1.54, 1.807) is 7.11 Å². The first-order valence-corrected chi connectivity index (χ1v) is 9.07. The number of benzene rings is 2. The van der Waals surface area contributed by atoms with E-state index >= 15 is 0 Å². The van der Waals surface area contributed by atoms with E-state index < -0.39 is 23.8 Å². The molecule has 0 saturated carbocycles. The van der Waals surface area contributed by atoms with Gasteiger partial charge in [0.25, 0.3) is 0 Å². The Bertz CT molecular complexity index is 1080. The zero-order valence-electron chi connectivity index (χ0n) is 15.1. The van der Waals surface area contributed by atoms with Crippen LogP contribution in [-0.2, 0) is 21.4 Å². The molecule has 0 unspecified atom stereocenters. The van der Waals surface area contributed by atoms with Crippen molar-refractivity contribution in [2.75, 3.05) is 7.11 Å². The summed E-state index contributed by atoms with van der Waals surface area (Å²) < 4.78 is 12.4. The molecular weight excluding hydrogens is 342 g/mol. The summed E-state index contributed by atoms with van der Waals surface area (Å²) in [6.45, 7) is 0. The highest BCUT2D eigenvalue weighted by molar-refractivity contribution is 6.02. The van der Waals surface area contributed by atoms with Crippen LogP contribution in [0.15, 0.2) is 48.5 Å². The molecule has 1 aromatic heterocycles. The Labute approximate surface area is 156 Å². The van der Waals surface area contributed by atoms with Crippen LogP contribution >= 0.6 is 0 Å². The fraction of sp³-hybridized carbons (Fsp3) is 0.273. The van der Waals surface area contributed by atoms with E-state index in [9.17, 15) is 9.59 Å². The van der Waals surface area contributed by atoms with Gasteiger partial charge in [-0.2, -0.15) is 0 Å². The first-order chi connectivity index (χ1) is 13.1. The van der Waals surface area contributed by atoms with Gasteiger partial charge >= 0.3 is 11.9 Å². The van der Waals surface area contributed by atoms with E-state index in [0.717, 1.165) is 33.5 Å². The molecule has 3 aromatic rings. The highest BCUT2D eigenvalue weighted by atomic mass is 16.6. The lowest BCUT2D eigenvalue weighted by molar-refractivity contribution is -0.153. The molecule has 5 nitrogen and oxygen atoms in total. The summed E-state index contributed by atoms with van der Waals surface area (Å²) in [7, 11) is 3.61. The second kappa shape index (κ2) is 5.71. The Morgan fingerprint density at radius 2 is 1.78 bits per heavy atom. The van der Waals surface area contributed by atoms with Crippen LogP contribution in [-0.4, -0.2) is 23.6 Å².